The lowest BCUT2D eigenvalue weighted by molar-refractivity contribution is 1.11. The Hall–Kier alpha value is -1.99. The van der Waals surface area contributed by atoms with E-state index in [1.807, 2.05) is 11.8 Å². The van der Waals surface area contributed by atoms with Gasteiger partial charge in [-0.1, -0.05) is 66.8 Å². The molecule has 1 aliphatic heterocycles. The van der Waals surface area contributed by atoms with Crippen molar-refractivity contribution in [3.05, 3.63) is 88.8 Å². The van der Waals surface area contributed by atoms with E-state index in [4.69, 9.17) is 0 Å². The van der Waals surface area contributed by atoms with Gasteiger partial charge in [-0.05, 0) is 40.1 Å². The highest BCUT2D eigenvalue weighted by Crippen LogP contribution is 2.35. The predicted molar refractivity (Wildman–Crippen MR) is 91.7 cm³/mol. The Kier molecular flexibility index (Phi) is 3.28. The van der Waals surface area contributed by atoms with E-state index in [0.29, 0.717) is 5.25 Å². The summed E-state index contributed by atoms with van der Waals surface area (Å²) in [5.41, 5.74) is 2.73. The molecule has 1 heteroatoms. The number of rotatable bonds is 1. The first-order valence-electron chi connectivity index (χ1n) is 7.32. The lowest BCUT2D eigenvalue weighted by Gasteiger charge is -2.06. The predicted octanol–water partition coefficient (Wildman–Crippen LogP) is 3.66. The number of thioether (sulfide) groups is 1. The number of benzene rings is 2. The SMILES string of the molecule is C1=CCC2Sc3cccc(=Cc4ccccc4)c3=C2C=C1. The zero-order valence-electron chi connectivity index (χ0n) is 11.7. The van der Waals surface area contributed by atoms with Crippen molar-refractivity contribution in [2.45, 2.75) is 16.6 Å². The molecule has 2 aliphatic rings. The molecule has 4 rings (SSSR count). The van der Waals surface area contributed by atoms with Crippen LogP contribution < -0.4 is 10.4 Å². The highest BCUT2D eigenvalue weighted by atomic mass is 32.2. The highest BCUT2D eigenvalue weighted by Gasteiger charge is 2.22. The average Bonchev–Trinajstić information content (AvgIpc) is 2.72. The van der Waals surface area contributed by atoms with E-state index in [2.05, 4.69) is 78.9 Å². The monoisotopic (exact) mass is 288 g/mol. The van der Waals surface area contributed by atoms with Crippen LogP contribution in [0.2, 0.25) is 0 Å². The van der Waals surface area contributed by atoms with Crippen LogP contribution in [0.5, 0.6) is 0 Å². The largest absolute Gasteiger partial charge is 0.117 e. The average molecular weight is 288 g/mol. The molecule has 0 saturated carbocycles. The van der Waals surface area contributed by atoms with Crippen molar-refractivity contribution in [2.75, 3.05) is 0 Å². The third-order valence-electron chi connectivity index (χ3n) is 3.96. The first-order chi connectivity index (χ1) is 10.4. The van der Waals surface area contributed by atoms with Crippen LogP contribution in [-0.4, -0.2) is 5.25 Å². The summed E-state index contributed by atoms with van der Waals surface area (Å²) in [6.45, 7) is 0. The first kappa shape index (κ1) is 12.7. The molecule has 1 heterocycles. The Morgan fingerprint density at radius 2 is 1.86 bits per heavy atom. The molecule has 1 aliphatic carbocycles. The van der Waals surface area contributed by atoms with Crippen LogP contribution in [0, 0.1) is 0 Å². The smallest absolute Gasteiger partial charge is 0.0385 e. The minimum atomic E-state index is 0.570. The van der Waals surface area contributed by atoms with Crippen LogP contribution >= 0.6 is 11.8 Å². The third-order valence-corrected chi connectivity index (χ3v) is 5.28. The minimum absolute atomic E-state index is 0.570. The standard InChI is InChI=1S/C20H16S/c1-3-8-15(9-4-1)14-16-10-7-13-19-20(16)17-11-5-2-6-12-18(17)21-19/h1-11,13-14,18H,12H2. The molecule has 0 saturated heterocycles. The van der Waals surface area contributed by atoms with Crippen molar-refractivity contribution >= 4 is 23.4 Å². The second-order valence-corrected chi connectivity index (χ2v) is 6.60. The molecular formula is C20H16S. The van der Waals surface area contributed by atoms with Crippen LogP contribution in [0.4, 0.5) is 0 Å². The Labute approximate surface area is 129 Å². The summed E-state index contributed by atoms with van der Waals surface area (Å²) in [5, 5.41) is 3.33. The fourth-order valence-electron chi connectivity index (χ4n) is 2.99. The molecule has 102 valence electrons. The van der Waals surface area contributed by atoms with E-state index in [0.717, 1.165) is 6.42 Å². The summed E-state index contributed by atoms with van der Waals surface area (Å²) >= 11 is 2.00. The van der Waals surface area contributed by atoms with Crippen molar-refractivity contribution in [3.63, 3.8) is 0 Å². The summed E-state index contributed by atoms with van der Waals surface area (Å²) in [5.74, 6) is 0. The van der Waals surface area contributed by atoms with Crippen LogP contribution in [0.15, 0.2) is 77.7 Å². The number of allylic oxidation sites excluding steroid dienone is 4. The summed E-state index contributed by atoms with van der Waals surface area (Å²) < 4.78 is 0. The molecule has 0 amide bonds. The van der Waals surface area contributed by atoms with E-state index in [9.17, 15) is 0 Å². The zero-order chi connectivity index (χ0) is 14.1. The molecule has 0 fully saturated rings. The molecule has 0 nitrogen and oxygen atoms in total. The molecule has 0 spiro atoms. The molecular weight excluding hydrogens is 272 g/mol. The number of hydrogen-bond acceptors (Lipinski definition) is 1. The molecule has 0 N–H and O–H groups in total. The van der Waals surface area contributed by atoms with Gasteiger partial charge in [0.15, 0.2) is 0 Å². The van der Waals surface area contributed by atoms with E-state index < -0.39 is 0 Å². The summed E-state index contributed by atoms with van der Waals surface area (Å²) in [6, 6.07) is 17.2. The van der Waals surface area contributed by atoms with Gasteiger partial charge in [0.1, 0.15) is 0 Å². The van der Waals surface area contributed by atoms with Crippen molar-refractivity contribution in [1.82, 2.24) is 0 Å². The van der Waals surface area contributed by atoms with E-state index in [-0.39, 0.29) is 0 Å². The quantitative estimate of drug-likeness (QED) is 0.772. The maximum atomic E-state index is 2.29. The summed E-state index contributed by atoms with van der Waals surface area (Å²) in [7, 11) is 0. The molecule has 1 unspecified atom stereocenters. The summed E-state index contributed by atoms with van der Waals surface area (Å²) in [4.78, 5) is 1.42. The van der Waals surface area contributed by atoms with Gasteiger partial charge in [-0.2, -0.15) is 0 Å². The van der Waals surface area contributed by atoms with Gasteiger partial charge in [-0.25, -0.2) is 0 Å². The van der Waals surface area contributed by atoms with Gasteiger partial charge in [0.25, 0.3) is 0 Å². The van der Waals surface area contributed by atoms with Gasteiger partial charge >= 0.3 is 0 Å². The van der Waals surface area contributed by atoms with Gasteiger partial charge < -0.3 is 0 Å². The van der Waals surface area contributed by atoms with Crippen LogP contribution in [0.1, 0.15) is 12.0 Å². The second-order valence-electron chi connectivity index (χ2n) is 5.36. The van der Waals surface area contributed by atoms with E-state index in [1.54, 1.807) is 0 Å². The van der Waals surface area contributed by atoms with Gasteiger partial charge in [-0.3, -0.25) is 0 Å². The Balaban J connectivity index is 1.99. The lowest BCUT2D eigenvalue weighted by atomic mass is 10.0. The fourth-order valence-corrected chi connectivity index (χ4v) is 4.34. The second kappa shape index (κ2) is 5.42. The molecule has 21 heavy (non-hydrogen) atoms. The van der Waals surface area contributed by atoms with Gasteiger partial charge in [0.2, 0.25) is 0 Å². The number of hydrogen-bond donors (Lipinski definition) is 0. The van der Waals surface area contributed by atoms with Gasteiger partial charge in [0, 0.05) is 10.1 Å². The van der Waals surface area contributed by atoms with Crippen molar-refractivity contribution in [3.8, 4) is 0 Å². The summed E-state index contributed by atoms with van der Waals surface area (Å²) in [6.07, 6.45) is 12.3. The molecule has 0 radical (unpaired) electrons. The minimum Gasteiger partial charge on any atom is -0.117 e. The van der Waals surface area contributed by atoms with E-state index >= 15 is 0 Å². The lowest BCUT2D eigenvalue weighted by Crippen LogP contribution is -2.27. The van der Waals surface area contributed by atoms with Crippen molar-refractivity contribution < 1.29 is 0 Å². The fraction of sp³-hybridized carbons (Fsp3) is 0.100. The van der Waals surface area contributed by atoms with Crippen molar-refractivity contribution in [1.29, 1.82) is 0 Å². The molecule has 0 bridgehead atoms. The van der Waals surface area contributed by atoms with Crippen LogP contribution in [0.3, 0.4) is 0 Å². The van der Waals surface area contributed by atoms with E-state index in [1.165, 1.54) is 26.5 Å². The van der Waals surface area contributed by atoms with Crippen LogP contribution in [-0.2, 0) is 0 Å². The highest BCUT2D eigenvalue weighted by molar-refractivity contribution is 8.00. The maximum Gasteiger partial charge on any atom is 0.0385 e. The Morgan fingerprint density at radius 1 is 0.952 bits per heavy atom. The maximum absolute atomic E-state index is 2.29. The zero-order valence-corrected chi connectivity index (χ0v) is 12.5. The normalized spacial score (nSPS) is 20.3. The Morgan fingerprint density at radius 3 is 2.76 bits per heavy atom. The first-order valence-corrected chi connectivity index (χ1v) is 8.20. The molecule has 1 atom stereocenters. The molecule has 2 aromatic carbocycles. The van der Waals surface area contributed by atoms with Crippen molar-refractivity contribution in [2.24, 2.45) is 0 Å². The Bertz CT molecular complexity index is 841. The topological polar surface area (TPSA) is 0 Å². The van der Waals surface area contributed by atoms with Gasteiger partial charge in [-0.15, -0.1) is 11.8 Å². The van der Waals surface area contributed by atoms with Gasteiger partial charge in [0.05, 0.1) is 0 Å². The molecule has 0 aromatic heterocycles. The van der Waals surface area contributed by atoms with Crippen LogP contribution in [0.25, 0.3) is 11.6 Å². The number of fused-ring (bicyclic) bond motifs is 2. The molecule has 2 aromatic rings. The third kappa shape index (κ3) is 2.38.